The van der Waals surface area contributed by atoms with Crippen molar-refractivity contribution in [1.82, 2.24) is 10.6 Å². The van der Waals surface area contributed by atoms with Gasteiger partial charge in [-0.1, -0.05) is 0 Å². The molecule has 2 atom stereocenters. The number of rotatable bonds is 3. The zero-order valence-corrected chi connectivity index (χ0v) is 11.9. The first-order valence-corrected chi connectivity index (χ1v) is 6.70. The predicted molar refractivity (Wildman–Crippen MR) is 71.0 cm³/mol. The summed E-state index contributed by atoms with van der Waals surface area (Å²) >= 11 is 0. The van der Waals surface area contributed by atoms with Crippen molar-refractivity contribution in [2.24, 2.45) is 5.92 Å². The maximum atomic E-state index is 11.8. The second-order valence-electron chi connectivity index (χ2n) is 5.94. The van der Waals surface area contributed by atoms with Crippen LogP contribution in [0.5, 0.6) is 0 Å². The van der Waals surface area contributed by atoms with Crippen LogP contribution in [0.15, 0.2) is 0 Å². The minimum absolute atomic E-state index is 0.0555. The van der Waals surface area contributed by atoms with Crippen molar-refractivity contribution in [2.45, 2.75) is 51.7 Å². The second kappa shape index (κ2) is 6.75. The molecule has 1 saturated heterocycles. The number of nitrogens with one attached hydrogen (secondary N) is 2. The smallest absolute Gasteiger partial charge is 0.407 e. The van der Waals surface area contributed by atoms with Gasteiger partial charge in [0.25, 0.3) is 0 Å². The van der Waals surface area contributed by atoms with Gasteiger partial charge in [0.1, 0.15) is 5.60 Å². The van der Waals surface area contributed by atoms with E-state index in [1.807, 2.05) is 0 Å². The number of hydrogen-bond acceptors (Lipinski definition) is 4. The molecule has 6 nitrogen and oxygen atoms in total. The van der Waals surface area contributed by atoms with Crippen LogP contribution in [-0.2, 0) is 9.53 Å². The SMILES string of the molecule is CC(C)(C)OC(=O)N[C@@H]1CCNCC[C@@H]1CC(=O)O. The molecule has 0 aromatic carbocycles. The molecule has 0 bridgehead atoms. The average molecular weight is 272 g/mol. The first-order chi connectivity index (χ1) is 8.78. The van der Waals surface area contributed by atoms with Crippen LogP contribution in [0.4, 0.5) is 4.79 Å². The van der Waals surface area contributed by atoms with E-state index in [-0.39, 0.29) is 18.4 Å². The van der Waals surface area contributed by atoms with Crippen molar-refractivity contribution >= 4 is 12.1 Å². The molecule has 1 rings (SSSR count). The van der Waals surface area contributed by atoms with E-state index in [1.165, 1.54) is 0 Å². The molecule has 1 aliphatic heterocycles. The minimum Gasteiger partial charge on any atom is -0.481 e. The molecule has 0 saturated carbocycles. The van der Waals surface area contributed by atoms with Crippen LogP contribution in [-0.4, -0.2) is 41.9 Å². The standard InChI is InChI=1S/C13H24N2O4/c1-13(2,3)19-12(18)15-10-5-7-14-6-4-9(10)8-11(16)17/h9-10,14H,4-8H2,1-3H3,(H,15,18)(H,16,17)/t9-,10-/m1/s1. The minimum atomic E-state index is -0.831. The highest BCUT2D eigenvalue weighted by atomic mass is 16.6. The van der Waals surface area contributed by atoms with Crippen LogP contribution in [0, 0.1) is 5.92 Å². The molecular weight excluding hydrogens is 248 g/mol. The molecule has 1 fully saturated rings. The summed E-state index contributed by atoms with van der Waals surface area (Å²) in [5, 5.41) is 15.0. The molecule has 1 amide bonds. The molecular formula is C13H24N2O4. The number of carbonyl (C=O) groups is 2. The molecule has 0 spiro atoms. The van der Waals surface area contributed by atoms with E-state index in [9.17, 15) is 9.59 Å². The van der Waals surface area contributed by atoms with Gasteiger partial charge < -0.3 is 20.5 Å². The van der Waals surface area contributed by atoms with E-state index in [2.05, 4.69) is 10.6 Å². The zero-order chi connectivity index (χ0) is 14.5. The predicted octanol–water partition coefficient (Wildman–Crippen LogP) is 1.35. The Hall–Kier alpha value is -1.30. The number of carboxylic acid groups (broad SMARTS) is 1. The van der Waals surface area contributed by atoms with Crippen molar-refractivity contribution in [1.29, 1.82) is 0 Å². The van der Waals surface area contributed by atoms with Gasteiger partial charge in [-0.25, -0.2) is 4.79 Å². The number of hydrogen-bond donors (Lipinski definition) is 3. The van der Waals surface area contributed by atoms with Gasteiger partial charge >= 0.3 is 12.1 Å². The summed E-state index contributed by atoms with van der Waals surface area (Å²) in [6, 6.07) is -0.152. The van der Waals surface area contributed by atoms with Gasteiger partial charge in [0.15, 0.2) is 0 Å². The molecule has 0 radical (unpaired) electrons. The quantitative estimate of drug-likeness (QED) is 0.722. The average Bonchev–Trinajstić information content (AvgIpc) is 2.41. The van der Waals surface area contributed by atoms with Crippen LogP contribution >= 0.6 is 0 Å². The lowest BCUT2D eigenvalue weighted by molar-refractivity contribution is -0.138. The summed E-state index contributed by atoms with van der Waals surface area (Å²) in [5.41, 5.74) is -0.546. The van der Waals surface area contributed by atoms with Crippen LogP contribution in [0.25, 0.3) is 0 Å². The van der Waals surface area contributed by atoms with Gasteiger partial charge in [0.2, 0.25) is 0 Å². The molecule has 1 aliphatic rings. The zero-order valence-electron chi connectivity index (χ0n) is 11.9. The molecule has 0 aliphatic carbocycles. The van der Waals surface area contributed by atoms with Crippen molar-refractivity contribution in [3.63, 3.8) is 0 Å². The fourth-order valence-corrected chi connectivity index (χ4v) is 2.22. The Labute approximate surface area is 113 Å². The van der Waals surface area contributed by atoms with Crippen molar-refractivity contribution < 1.29 is 19.4 Å². The number of alkyl carbamates (subject to hydrolysis) is 1. The molecule has 19 heavy (non-hydrogen) atoms. The van der Waals surface area contributed by atoms with E-state index in [1.54, 1.807) is 20.8 Å². The first-order valence-electron chi connectivity index (χ1n) is 6.70. The summed E-state index contributed by atoms with van der Waals surface area (Å²) in [6.45, 7) is 6.96. The Morgan fingerprint density at radius 2 is 1.95 bits per heavy atom. The second-order valence-corrected chi connectivity index (χ2v) is 5.94. The lowest BCUT2D eigenvalue weighted by Gasteiger charge is -2.27. The maximum absolute atomic E-state index is 11.8. The normalized spacial score (nSPS) is 24.4. The molecule has 0 unspecified atom stereocenters. The molecule has 0 aromatic rings. The third-order valence-corrected chi connectivity index (χ3v) is 3.03. The summed E-state index contributed by atoms with van der Waals surface area (Å²) < 4.78 is 5.22. The van der Waals surface area contributed by atoms with E-state index < -0.39 is 17.7 Å². The van der Waals surface area contributed by atoms with Crippen LogP contribution < -0.4 is 10.6 Å². The van der Waals surface area contributed by atoms with Gasteiger partial charge in [0.05, 0.1) is 6.42 Å². The van der Waals surface area contributed by atoms with E-state index in [0.717, 1.165) is 25.9 Å². The first kappa shape index (κ1) is 15.8. The van der Waals surface area contributed by atoms with Crippen LogP contribution in [0.1, 0.15) is 40.0 Å². The van der Waals surface area contributed by atoms with Crippen LogP contribution in [0.2, 0.25) is 0 Å². The van der Waals surface area contributed by atoms with Crippen LogP contribution in [0.3, 0.4) is 0 Å². The molecule has 0 aromatic heterocycles. The number of carboxylic acids is 1. The van der Waals surface area contributed by atoms with Gasteiger partial charge in [-0.2, -0.15) is 0 Å². The van der Waals surface area contributed by atoms with Crippen molar-refractivity contribution in [2.75, 3.05) is 13.1 Å². The Kier molecular flexibility index (Phi) is 5.60. The molecule has 3 N–H and O–H groups in total. The Bertz CT molecular complexity index is 325. The maximum Gasteiger partial charge on any atom is 0.407 e. The van der Waals surface area contributed by atoms with E-state index in [4.69, 9.17) is 9.84 Å². The monoisotopic (exact) mass is 272 g/mol. The summed E-state index contributed by atoms with van der Waals surface area (Å²) in [4.78, 5) is 22.6. The number of carbonyl (C=O) groups excluding carboxylic acids is 1. The number of aliphatic carboxylic acids is 1. The Balaban J connectivity index is 2.59. The van der Waals surface area contributed by atoms with Gasteiger partial charge in [-0.15, -0.1) is 0 Å². The third kappa shape index (κ3) is 6.42. The highest BCUT2D eigenvalue weighted by Crippen LogP contribution is 2.19. The molecule has 110 valence electrons. The molecule has 6 heteroatoms. The van der Waals surface area contributed by atoms with Gasteiger partial charge in [-0.3, -0.25) is 4.79 Å². The third-order valence-electron chi connectivity index (χ3n) is 3.03. The highest BCUT2D eigenvalue weighted by molar-refractivity contribution is 5.69. The van der Waals surface area contributed by atoms with Gasteiger partial charge in [0, 0.05) is 6.04 Å². The van der Waals surface area contributed by atoms with Crippen molar-refractivity contribution in [3.8, 4) is 0 Å². The fourth-order valence-electron chi connectivity index (χ4n) is 2.22. The fraction of sp³-hybridized carbons (Fsp3) is 0.846. The van der Waals surface area contributed by atoms with Gasteiger partial charge in [-0.05, 0) is 52.6 Å². The molecule has 1 heterocycles. The Morgan fingerprint density at radius 1 is 1.32 bits per heavy atom. The van der Waals surface area contributed by atoms with E-state index in [0.29, 0.717) is 0 Å². The summed E-state index contributed by atoms with van der Waals surface area (Å²) in [7, 11) is 0. The highest BCUT2D eigenvalue weighted by Gasteiger charge is 2.28. The van der Waals surface area contributed by atoms with Crippen molar-refractivity contribution in [3.05, 3.63) is 0 Å². The Morgan fingerprint density at radius 3 is 2.53 bits per heavy atom. The number of amides is 1. The lowest BCUT2D eigenvalue weighted by atomic mass is 9.92. The largest absolute Gasteiger partial charge is 0.481 e. The summed E-state index contributed by atoms with van der Waals surface area (Å²) in [6.07, 6.45) is 1.06. The topological polar surface area (TPSA) is 87.7 Å². The number of ether oxygens (including phenoxy) is 1. The lowest BCUT2D eigenvalue weighted by Crippen LogP contribution is -2.43. The van der Waals surface area contributed by atoms with E-state index >= 15 is 0 Å². The summed E-state index contributed by atoms with van der Waals surface area (Å²) in [5.74, 6) is -0.886.